The lowest BCUT2D eigenvalue weighted by Gasteiger charge is -2.50. The molecular weight excluding hydrogens is 988 g/mol. The highest BCUT2D eigenvalue weighted by Crippen LogP contribution is 2.48. The molecule has 0 bridgehead atoms. The summed E-state index contributed by atoms with van der Waals surface area (Å²) >= 11 is 14.4. The second-order valence-corrected chi connectivity index (χ2v) is 21.1. The molecule has 4 heteroatoms. The van der Waals surface area contributed by atoms with E-state index in [1.807, 2.05) is 0 Å². The highest BCUT2D eigenvalue weighted by atomic mass is 35.5. The van der Waals surface area contributed by atoms with E-state index in [1.165, 1.54) is 0 Å². The fourth-order valence-electron chi connectivity index (χ4n) is 12.2. The molecule has 1 aliphatic rings. The molecule has 13 aromatic rings. The van der Waals surface area contributed by atoms with Gasteiger partial charge in [0.05, 0.1) is 15.6 Å². The number of benzene rings is 13. The first-order valence-corrected chi connectivity index (χ1v) is 27.3. The zero-order valence-electron chi connectivity index (χ0n) is 42.5. The number of fused-ring (bicyclic) bond motifs is 4. The van der Waals surface area contributed by atoms with E-state index in [4.69, 9.17) is 23.2 Å². The summed E-state index contributed by atoms with van der Waals surface area (Å²) in [5.41, 5.74) is 13.4. The van der Waals surface area contributed by atoms with Gasteiger partial charge in [-0.15, -0.1) is 0 Å². The van der Waals surface area contributed by atoms with Gasteiger partial charge in [0.15, 0.2) is 0 Å². The summed E-state index contributed by atoms with van der Waals surface area (Å²) in [5.74, 6) is 0. The van der Waals surface area contributed by atoms with Crippen molar-refractivity contribution in [2.24, 2.45) is 0 Å². The molecule has 0 aliphatic carbocycles. The van der Waals surface area contributed by atoms with Crippen LogP contribution in [0.4, 0.5) is 0 Å². The second-order valence-electron chi connectivity index (χ2n) is 20.3. The molecule has 0 spiro atoms. The van der Waals surface area contributed by atoms with Crippen LogP contribution in [0, 0.1) is 0 Å². The van der Waals surface area contributed by atoms with E-state index in [9.17, 15) is 0 Å². The molecule has 1 heterocycles. The van der Waals surface area contributed by atoms with E-state index in [0.717, 1.165) is 131 Å². The van der Waals surface area contributed by atoms with Gasteiger partial charge >= 0.3 is 0 Å². The molecule has 2 N–H and O–H groups in total. The first kappa shape index (κ1) is 47.4. The Labute approximate surface area is 464 Å². The van der Waals surface area contributed by atoms with Crippen LogP contribution >= 0.6 is 23.2 Å². The van der Waals surface area contributed by atoms with Crippen LogP contribution in [0.15, 0.2) is 291 Å². The summed E-state index contributed by atoms with van der Waals surface area (Å²) in [6, 6.07) is 103. The monoisotopic (exact) mass is 1040 g/mol. The van der Waals surface area contributed by atoms with Gasteiger partial charge in [0, 0.05) is 27.2 Å². The van der Waals surface area contributed by atoms with Gasteiger partial charge < -0.3 is 5.32 Å². The molecule has 78 heavy (non-hydrogen) atoms. The van der Waals surface area contributed by atoms with Gasteiger partial charge in [-0.2, -0.15) is 0 Å². The molecule has 13 aromatic carbocycles. The maximum Gasteiger partial charge on any atom is 0.142 e. The molecule has 0 saturated carbocycles. The van der Waals surface area contributed by atoms with E-state index in [-0.39, 0.29) is 0 Å². The zero-order valence-corrected chi connectivity index (χ0v) is 44.0. The molecule has 0 amide bonds. The van der Waals surface area contributed by atoms with Gasteiger partial charge in [-0.25, -0.2) is 0 Å². The summed E-state index contributed by atoms with van der Waals surface area (Å²) in [5, 5.41) is 18.9. The Kier molecular flexibility index (Phi) is 11.9. The van der Waals surface area contributed by atoms with Crippen molar-refractivity contribution in [3.8, 4) is 44.5 Å². The van der Waals surface area contributed by atoms with Crippen LogP contribution < -0.4 is 10.6 Å². The highest BCUT2D eigenvalue weighted by molar-refractivity contribution is 6.43. The Hall–Kier alpha value is -9.02. The summed E-state index contributed by atoms with van der Waals surface area (Å²) in [6.45, 7) is 0. The van der Waals surface area contributed by atoms with Crippen molar-refractivity contribution >= 4 is 72.0 Å². The van der Waals surface area contributed by atoms with Crippen molar-refractivity contribution in [1.82, 2.24) is 10.6 Å². The third-order valence-electron chi connectivity index (χ3n) is 15.9. The number of hydrogen-bond donors (Lipinski definition) is 2. The second kappa shape index (κ2) is 19.5. The fourth-order valence-corrected chi connectivity index (χ4v) is 12.9. The van der Waals surface area contributed by atoms with Gasteiger partial charge in [0.1, 0.15) is 5.66 Å². The number of nitrogens with one attached hydrogen (secondary N) is 2. The first-order valence-electron chi connectivity index (χ1n) is 26.5. The molecule has 0 aromatic heterocycles. The summed E-state index contributed by atoms with van der Waals surface area (Å²) in [6.07, 6.45) is 2.42. The summed E-state index contributed by atoms with van der Waals surface area (Å²) in [4.78, 5) is 0. The molecule has 14 rings (SSSR count). The zero-order chi connectivity index (χ0) is 52.2. The Morgan fingerprint density at radius 3 is 1.06 bits per heavy atom. The van der Waals surface area contributed by atoms with Gasteiger partial charge in [0.2, 0.25) is 0 Å². The van der Waals surface area contributed by atoms with Crippen LogP contribution in [-0.2, 0) is 11.2 Å². The van der Waals surface area contributed by atoms with Gasteiger partial charge in [-0.3, -0.25) is 5.32 Å². The lowest BCUT2D eigenvalue weighted by atomic mass is 9.74. The Morgan fingerprint density at radius 1 is 0.256 bits per heavy atom. The Balaban J connectivity index is 1.04. The van der Waals surface area contributed by atoms with E-state index in [1.54, 1.807) is 0 Å². The summed E-state index contributed by atoms with van der Waals surface area (Å²) in [7, 11) is 0. The molecule has 1 aliphatic heterocycles. The number of hydrogen-bond acceptors (Lipinski definition) is 2. The van der Waals surface area contributed by atoms with Crippen molar-refractivity contribution in [3.05, 3.63) is 329 Å². The highest BCUT2D eigenvalue weighted by Gasteiger charge is 2.48. The van der Waals surface area contributed by atoms with Crippen LogP contribution in [0.25, 0.3) is 93.3 Å². The maximum atomic E-state index is 7.21. The third kappa shape index (κ3) is 7.99. The topological polar surface area (TPSA) is 24.1 Å². The van der Waals surface area contributed by atoms with Crippen molar-refractivity contribution in [2.45, 2.75) is 11.2 Å². The van der Waals surface area contributed by atoms with Gasteiger partial charge in [-0.1, -0.05) is 296 Å². The molecule has 2 atom stereocenters. The minimum atomic E-state index is -0.999. The van der Waals surface area contributed by atoms with Crippen molar-refractivity contribution < 1.29 is 0 Å². The molecular formula is C74H50Cl2N2. The van der Waals surface area contributed by atoms with E-state index in [2.05, 4.69) is 302 Å². The van der Waals surface area contributed by atoms with Crippen molar-refractivity contribution in [1.29, 1.82) is 0 Å². The molecule has 2 unspecified atom stereocenters. The average Bonchev–Trinajstić information content (AvgIpc) is 3.69. The van der Waals surface area contributed by atoms with E-state index >= 15 is 0 Å². The number of rotatable bonds is 9. The van der Waals surface area contributed by atoms with Crippen LogP contribution in [0.2, 0.25) is 10.0 Å². The summed E-state index contributed by atoms with van der Waals surface area (Å²) < 4.78 is 0. The molecule has 2 nitrogen and oxygen atoms in total. The SMILES string of the molecule is Clc1c2ccccc2c(-c2ccc(C3=CC(c4ccc(-c5c6ccccc6c(Cl)c6ccccc56)cc4)(c4cccc(-c5ccccc5)c4)NC(c4ccccc4)(c4cccc(-c5ccccc5)c4)N3)cc2)c2ccccc12. The predicted octanol–water partition coefficient (Wildman–Crippen LogP) is 19.7. The molecule has 0 fully saturated rings. The van der Waals surface area contributed by atoms with Crippen LogP contribution in [0.3, 0.4) is 0 Å². The third-order valence-corrected chi connectivity index (χ3v) is 16.8. The fraction of sp³-hybridized carbons (Fsp3) is 0.0270. The Bertz CT molecular complexity index is 4330. The van der Waals surface area contributed by atoms with Crippen LogP contribution in [0.1, 0.15) is 27.8 Å². The lowest BCUT2D eigenvalue weighted by molar-refractivity contribution is 0.274. The smallest absolute Gasteiger partial charge is 0.142 e. The van der Waals surface area contributed by atoms with Crippen molar-refractivity contribution in [2.75, 3.05) is 0 Å². The predicted molar refractivity (Wildman–Crippen MR) is 330 cm³/mol. The lowest BCUT2D eigenvalue weighted by Crippen LogP contribution is -2.64. The van der Waals surface area contributed by atoms with Crippen molar-refractivity contribution in [3.63, 3.8) is 0 Å². The van der Waals surface area contributed by atoms with Gasteiger partial charge in [-0.05, 0) is 112 Å². The standard InChI is InChI=1S/C74H50Cl2N2/c75-71-64-34-14-10-30-60(64)69(61-31-11-15-35-65(61)71)52-40-38-51(39-41-52)68-48-73(58-28-18-24-54(46-58)49-20-4-1-5-21-49,56-44-42-53(43-45-56)70-62-32-12-16-36-66(62)72(76)67-37-17-13-33-63(67)70)78-74(77-68,57-26-8-3-9-27-57)59-29-19-25-55(47-59)50-22-6-2-7-23-50/h1-48,77-78H. The molecule has 0 saturated heterocycles. The minimum absolute atomic E-state index is 0.770. The Morgan fingerprint density at radius 2 is 0.603 bits per heavy atom. The van der Waals surface area contributed by atoms with E-state index < -0.39 is 11.2 Å². The first-order chi connectivity index (χ1) is 38.5. The largest absolute Gasteiger partial charge is 0.359 e. The van der Waals surface area contributed by atoms with Gasteiger partial charge in [0.25, 0.3) is 0 Å². The van der Waals surface area contributed by atoms with Crippen LogP contribution in [-0.4, -0.2) is 0 Å². The minimum Gasteiger partial charge on any atom is -0.359 e. The molecule has 370 valence electrons. The normalized spacial score (nSPS) is 16.3. The van der Waals surface area contributed by atoms with E-state index in [0.29, 0.717) is 0 Å². The number of halogens is 2. The quantitative estimate of drug-likeness (QED) is 0.141. The maximum absolute atomic E-state index is 7.21. The van der Waals surface area contributed by atoms with Crippen LogP contribution in [0.5, 0.6) is 0 Å². The molecule has 0 radical (unpaired) electrons. The average molecular weight is 1040 g/mol.